The van der Waals surface area contributed by atoms with E-state index in [1.54, 1.807) is 7.05 Å². The molecule has 2 aromatic rings. The SMILES string of the molecule is [2H]C([2H])(CC(Oc1ccc(C)cc1)c1ccccc1)NC. The molecule has 1 unspecified atom stereocenters. The van der Waals surface area contributed by atoms with E-state index in [4.69, 9.17) is 7.48 Å². The highest BCUT2D eigenvalue weighted by Crippen LogP contribution is 2.24. The van der Waals surface area contributed by atoms with Gasteiger partial charge in [0.25, 0.3) is 0 Å². The van der Waals surface area contributed by atoms with Crippen molar-refractivity contribution in [2.75, 3.05) is 13.5 Å². The molecule has 100 valence electrons. The number of aryl methyl sites for hydroxylation is 1. The fraction of sp³-hybridized carbons (Fsp3) is 0.294. The molecule has 1 atom stereocenters. The lowest BCUT2D eigenvalue weighted by molar-refractivity contribution is 0.195. The van der Waals surface area contributed by atoms with Crippen LogP contribution >= 0.6 is 0 Å². The monoisotopic (exact) mass is 257 g/mol. The third-order valence-electron chi connectivity index (χ3n) is 2.93. The summed E-state index contributed by atoms with van der Waals surface area (Å²) in [7, 11) is 1.62. The van der Waals surface area contributed by atoms with Gasteiger partial charge in [-0.05, 0) is 38.2 Å². The lowest BCUT2D eigenvalue weighted by Crippen LogP contribution is -2.16. The van der Waals surface area contributed by atoms with E-state index in [1.165, 1.54) is 5.56 Å². The van der Waals surface area contributed by atoms with Crippen LogP contribution in [0.3, 0.4) is 0 Å². The predicted molar refractivity (Wildman–Crippen MR) is 79.5 cm³/mol. The summed E-state index contributed by atoms with van der Waals surface area (Å²) >= 11 is 0. The fourth-order valence-corrected chi connectivity index (χ4v) is 1.87. The summed E-state index contributed by atoms with van der Waals surface area (Å²) < 4.78 is 21.9. The van der Waals surface area contributed by atoms with Crippen molar-refractivity contribution in [3.63, 3.8) is 0 Å². The summed E-state index contributed by atoms with van der Waals surface area (Å²) in [6.45, 7) is 0.545. The van der Waals surface area contributed by atoms with Gasteiger partial charge < -0.3 is 10.1 Å². The van der Waals surface area contributed by atoms with Gasteiger partial charge in [-0.3, -0.25) is 0 Å². The lowest BCUT2D eigenvalue weighted by atomic mass is 10.1. The number of benzene rings is 2. The molecule has 0 bridgehead atoms. The average molecular weight is 257 g/mol. The molecule has 2 rings (SSSR count). The zero-order chi connectivity index (χ0) is 15.3. The lowest BCUT2D eigenvalue weighted by Gasteiger charge is -2.19. The summed E-state index contributed by atoms with van der Waals surface area (Å²) in [6, 6.07) is 17.6. The molecular weight excluding hydrogens is 234 g/mol. The molecule has 0 aromatic heterocycles. The Bertz CT molecular complexity index is 555. The zero-order valence-corrected chi connectivity index (χ0v) is 11.4. The third kappa shape index (κ3) is 4.11. The van der Waals surface area contributed by atoms with E-state index in [-0.39, 0.29) is 12.5 Å². The van der Waals surface area contributed by atoms with Gasteiger partial charge in [-0.1, -0.05) is 48.0 Å². The summed E-state index contributed by atoms with van der Waals surface area (Å²) in [5.41, 5.74) is 2.14. The second-order valence-corrected chi connectivity index (χ2v) is 4.46. The molecule has 0 heterocycles. The molecule has 0 amide bonds. The van der Waals surface area contributed by atoms with Gasteiger partial charge in [0.1, 0.15) is 11.9 Å². The minimum Gasteiger partial charge on any atom is -0.486 e. The normalized spacial score (nSPS) is 14.4. The molecule has 0 fully saturated rings. The van der Waals surface area contributed by atoms with Crippen molar-refractivity contribution in [2.45, 2.75) is 19.4 Å². The molecule has 19 heavy (non-hydrogen) atoms. The van der Waals surface area contributed by atoms with Crippen LogP contribution in [0.25, 0.3) is 0 Å². The van der Waals surface area contributed by atoms with Gasteiger partial charge >= 0.3 is 0 Å². The summed E-state index contributed by atoms with van der Waals surface area (Å²) in [5.74, 6) is 0.751. The number of ether oxygens (including phenoxy) is 1. The van der Waals surface area contributed by atoms with E-state index < -0.39 is 6.50 Å². The van der Waals surface area contributed by atoms with Crippen LogP contribution < -0.4 is 10.1 Å². The van der Waals surface area contributed by atoms with Gasteiger partial charge in [-0.15, -0.1) is 0 Å². The first-order valence-electron chi connectivity index (χ1n) is 7.47. The van der Waals surface area contributed by atoms with Gasteiger partial charge in [-0.25, -0.2) is 0 Å². The van der Waals surface area contributed by atoms with Crippen LogP contribution in [-0.2, 0) is 0 Å². The summed E-state index contributed by atoms with van der Waals surface area (Å²) in [4.78, 5) is 0. The maximum Gasteiger partial charge on any atom is 0.125 e. The van der Waals surface area contributed by atoms with E-state index in [0.29, 0.717) is 0 Å². The van der Waals surface area contributed by atoms with Crippen molar-refractivity contribution >= 4 is 0 Å². The molecule has 0 spiro atoms. The molecule has 0 saturated carbocycles. The second-order valence-electron chi connectivity index (χ2n) is 4.46. The summed E-state index contributed by atoms with van der Waals surface area (Å²) in [6.07, 6.45) is -0.0992. The van der Waals surface area contributed by atoms with Crippen molar-refractivity contribution in [2.24, 2.45) is 0 Å². The largest absolute Gasteiger partial charge is 0.486 e. The zero-order valence-electron chi connectivity index (χ0n) is 13.4. The van der Waals surface area contributed by atoms with Crippen LogP contribution in [0, 0.1) is 6.92 Å². The van der Waals surface area contributed by atoms with Gasteiger partial charge in [0.15, 0.2) is 0 Å². The van der Waals surface area contributed by atoms with Crippen molar-refractivity contribution in [1.82, 2.24) is 5.32 Å². The quantitative estimate of drug-likeness (QED) is 0.851. The van der Waals surface area contributed by atoms with Gasteiger partial charge in [0.05, 0.1) is 0 Å². The van der Waals surface area contributed by atoms with E-state index in [0.717, 1.165) is 11.3 Å². The fourth-order valence-electron chi connectivity index (χ4n) is 1.87. The van der Waals surface area contributed by atoms with Crippen molar-refractivity contribution in [3.8, 4) is 5.75 Å². The first kappa shape index (κ1) is 11.1. The van der Waals surface area contributed by atoms with Crippen LogP contribution in [0.1, 0.15) is 26.4 Å². The molecule has 2 aromatic carbocycles. The number of hydrogen-bond acceptors (Lipinski definition) is 2. The molecule has 0 aliphatic carbocycles. The maximum atomic E-state index is 7.93. The predicted octanol–water partition coefficient (Wildman–Crippen LogP) is 3.72. The van der Waals surface area contributed by atoms with Gasteiger partial charge in [0, 0.05) is 9.16 Å². The Kier molecular flexibility index (Phi) is 4.05. The van der Waals surface area contributed by atoms with Crippen molar-refractivity contribution < 1.29 is 7.48 Å². The standard InChI is InChI=1S/C17H21NO/c1-14-8-10-16(11-9-14)19-17(12-13-18-2)15-6-4-3-5-7-15/h3-11,17-18H,12-13H2,1-2H3/i13D2. The first-order valence-corrected chi connectivity index (χ1v) is 6.47. The average Bonchev–Trinajstić information content (AvgIpc) is 2.49. The minimum absolute atomic E-state index is 0.237. The Labute approximate surface area is 118 Å². The van der Waals surface area contributed by atoms with Crippen molar-refractivity contribution in [3.05, 3.63) is 65.7 Å². The van der Waals surface area contributed by atoms with Crippen LogP contribution in [0.5, 0.6) is 5.75 Å². The Balaban J connectivity index is 2.21. The van der Waals surface area contributed by atoms with Crippen LogP contribution in [-0.4, -0.2) is 13.5 Å². The smallest absolute Gasteiger partial charge is 0.125 e. The van der Waals surface area contributed by atoms with Gasteiger partial charge in [-0.2, -0.15) is 0 Å². The molecular formula is C17H21NO. The molecule has 0 aliphatic heterocycles. The molecule has 0 radical (unpaired) electrons. The Hall–Kier alpha value is -1.80. The van der Waals surface area contributed by atoms with Crippen LogP contribution in [0.4, 0.5) is 0 Å². The topological polar surface area (TPSA) is 21.3 Å². The van der Waals surface area contributed by atoms with E-state index in [1.807, 2.05) is 61.5 Å². The number of hydrogen-bond donors (Lipinski definition) is 1. The van der Waals surface area contributed by atoms with E-state index in [2.05, 4.69) is 5.32 Å². The highest BCUT2D eigenvalue weighted by Gasteiger charge is 2.12. The highest BCUT2D eigenvalue weighted by atomic mass is 16.5. The Morgan fingerprint density at radius 3 is 2.42 bits per heavy atom. The van der Waals surface area contributed by atoms with E-state index >= 15 is 0 Å². The Morgan fingerprint density at radius 1 is 1.11 bits per heavy atom. The highest BCUT2D eigenvalue weighted by molar-refractivity contribution is 5.28. The minimum atomic E-state index is -1.48. The van der Waals surface area contributed by atoms with E-state index in [9.17, 15) is 0 Å². The second kappa shape index (κ2) is 6.95. The molecule has 2 heteroatoms. The first-order chi connectivity index (χ1) is 10.00. The third-order valence-corrected chi connectivity index (χ3v) is 2.93. The number of rotatable bonds is 6. The van der Waals surface area contributed by atoms with Gasteiger partial charge in [0.2, 0.25) is 0 Å². The van der Waals surface area contributed by atoms with Crippen LogP contribution in [0.15, 0.2) is 54.6 Å². The van der Waals surface area contributed by atoms with Crippen LogP contribution in [0.2, 0.25) is 0 Å². The van der Waals surface area contributed by atoms with Crippen molar-refractivity contribution in [1.29, 1.82) is 0 Å². The molecule has 1 N–H and O–H groups in total. The maximum absolute atomic E-state index is 7.93. The summed E-state index contributed by atoms with van der Waals surface area (Å²) in [5, 5.41) is 2.69. The molecule has 0 saturated heterocycles. The number of nitrogens with one attached hydrogen (secondary N) is 1. The Morgan fingerprint density at radius 2 is 1.79 bits per heavy atom. The molecule has 0 aliphatic rings. The molecule has 2 nitrogen and oxygen atoms in total.